The summed E-state index contributed by atoms with van der Waals surface area (Å²) in [6.07, 6.45) is 1.08. The average Bonchev–Trinajstić information content (AvgIpc) is 2.92. The number of amides is 1. The van der Waals surface area contributed by atoms with Crippen molar-refractivity contribution in [2.24, 2.45) is 0 Å². The second-order valence-electron chi connectivity index (χ2n) is 5.87. The van der Waals surface area contributed by atoms with Crippen molar-refractivity contribution >= 4 is 11.6 Å². The highest BCUT2D eigenvalue weighted by Crippen LogP contribution is 2.35. The van der Waals surface area contributed by atoms with Crippen molar-refractivity contribution in [3.8, 4) is 0 Å². The number of fused-ring (bicyclic) bond motifs is 2. The fourth-order valence-electron chi connectivity index (χ4n) is 3.41. The number of carbonyl (C=O) groups is 1. The fourth-order valence-corrected chi connectivity index (χ4v) is 3.41. The highest BCUT2D eigenvalue weighted by atomic mass is 16.1. The Kier molecular flexibility index (Phi) is 2.92. The van der Waals surface area contributed by atoms with Gasteiger partial charge in [-0.3, -0.25) is 4.79 Å². The predicted octanol–water partition coefficient (Wildman–Crippen LogP) is 2.65. The Bertz CT molecular complexity index is 695. The van der Waals surface area contributed by atoms with Gasteiger partial charge in [0.2, 0.25) is 5.91 Å². The van der Waals surface area contributed by atoms with Crippen molar-refractivity contribution in [2.45, 2.75) is 18.3 Å². The van der Waals surface area contributed by atoms with Gasteiger partial charge in [0.25, 0.3) is 0 Å². The molecule has 0 fully saturated rings. The maximum atomic E-state index is 12.4. The summed E-state index contributed by atoms with van der Waals surface area (Å²) < 4.78 is 0. The molecule has 2 aromatic rings. The van der Waals surface area contributed by atoms with E-state index in [0.29, 0.717) is 12.5 Å². The lowest BCUT2D eigenvalue weighted by Crippen LogP contribution is -2.36. The Morgan fingerprint density at radius 3 is 2.71 bits per heavy atom. The average molecular weight is 278 g/mol. The smallest absolute Gasteiger partial charge is 0.229 e. The van der Waals surface area contributed by atoms with Crippen LogP contribution in [0.5, 0.6) is 0 Å². The summed E-state index contributed by atoms with van der Waals surface area (Å²) in [5, 5.41) is 6.43. The molecule has 0 aromatic heterocycles. The van der Waals surface area contributed by atoms with Crippen LogP contribution >= 0.6 is 0 Å². The molecule has 106 valence electrons. The van der Waals surface area contributed by atoms with Crippen molar-refractivity contribution in [2.75, 3.05) is 18.4 Å². The topological polar surface area (TPSA) is 41.1 Å². The molecule has 1 heterocycles. The molecule has 4 rings (SSSR count). The first-order valence-electron chi connectivity index (χ1n) is 7.51. The Balaban J connectivity index is 1.40. The zero-order valence-electron chi connectivity index (χ0n) is 11.8. The van der Waals surface area contributed by atoms with E-state index in [1.165, 1.54) is 11.1 Å². The molecule has 0 saturated heterocycles. The van der Waals surface area contributed by atoms with E-state index in [1.807, 2.05) is 24.3 Å². The maximum absolute atomic E-state index is 12.4. The summed E-state index contributed by atoms with van der Waals surface area (Å²) in [5.41, 5.74) is 5.02. The Morgan fingerprint density at radius 2 is 1.86 bits per heavy atom. The van der Waals surface area contributed by atoms with Gasteiger partial charge in [-0.2, -0.15) is 0 Å². The third-order valence-corrected chi connectivity index (χ3v) is 4.63. The normalized spacial score (nSPS) is 21.7. The first kappa shape index (κ1) is 12.5. The van der Waals surface area contributed by atoms with Crippen LogP contribution in [0.25, 0.3) is 0 Å². The summed E-state index contributed by atoms with van der Waals surface area (Å²) in [6, 6.07) is 16.6. The second-order valence-corrected chi connectivity index (χ2v) is 5.87. The fraction of sp³-hybridized carbons (Fsp3) is 0.278. The summed E-state index contributed by atoms with van der Waals surface area (Å²) in [7, 11) is 0. The Morgan fingerprint density at radius 1 is 1.10 bits per heavy atom. The Labute approximate surface area is 124 Å². The van der Waals surface area contributed by atoms with Gasteiger partial charge in [0.15, 0.2) is 0 Å². The SMILES string of the molecule is O=C(NCC1Cc2ccccc21)C1CNc2ccccc21. The summed E-state index contributed by atoms with van der Waals surface area (Å²) in [6.45, 7) is 1.45. The number of benzene rings is 2. The van der Waals surface area contributed by atoms with E-state index in [-0.39, 0.29) is 11.8 Å². The summed E-state index contributed by atoms with van der Waals surface area (Å²) >= 11 is 0. The van der Waals surface area contributed by atoms with Crippen LogP contribution in [0.1, 0.15) is 28.5 Å². The summed E-state index contributed by atoms with van der Waals surface area (Å²) in [5.74, 6) is 0.558. The molecule has 2 unspecified atom stereocenters. The third-order valence-electron chi connectivity index (χ3n) is 4.63. The monoisotopic (exact) mass is 278 g/mol. The molecule has 3 heteroatoms. The molecule has 0 bridgehead atoms. The molecular weight excluding hydrogens is 260 g/mol. The number of para-hydroxylation sites is 1. The van der Waals surface area contributed by atoms with Gasteiger partial charge >= 0.3 is 0 Å². The lowest BCUT2D eigenvalue weighted by molar-refractivity contribution is -0.122. The van der Waals surface area contributed by atoms with Crippen LogP contribution in [0, 0.1) is 0 Å². The molecule has 1 aliphatic heterocycles. The Hall–Kier alpha value is -2.29. The molecule has 1 amide bonds. The van der Waals surface area contributed by atoms with E-state index in [2.05, 4.69) is 34.9 Å². The third kappa shape index (κ3) is 2.09. The van der Waals surface area contributed by atoms with Gasteiger partial charge in [0.05, 0.1) is 5.92 Å². The van der Waals surface area contributed by atoms with Crippen LogP contribution < -0.4 is 10.6 Å². The van der Waals surface area contributed by atoms with Crippen LogP contribution in [-0.4, -0.2) is 19.0 Å². The van der Waals surface area contributed by atoms with E-state index in [1.54, 1.807) is 0 Å². The zero-order valence-corrected chi connectivity index (χ0v) is 11.8. The van der Waals surface area contributed by atoms with Gasteiger partial charge < -0.3 is 10.6 Å². The maximum Gasteiger partial charge on any atom is 0.229 e. The minimum absolute atomic E-state index is 0.0588. The minimum atomic E-state index is -0.0588. The van der Waals surface area contributed by atoms with Gasteiger partial charge in [-0.1, -0.05) is 42.5 Å². The van der Waals surface area contributed by atoms with Crippen LogP contribution in [-0.2, 0) is 11.2 Å². The molecule has 2 atom stereocenters. The lowest BCUT2D eigenvalue weighted by Gasteiger charge is -2.30. The highest BCUT2D eigenvalue weighted by molar-refractivity contribution is 5.88. The molecule has 0 radical (unpaired) electrons. The molecule has 2 aliphatic rings. The van der Waals surface area contributed by atoms with E-state index < -0.39 is 0 Å². The molecule has 2 aromatic carbocycles. The summed E-state index contributed by atoms with van der Waals surface area (Å²) in [4.78, 5) is 12.4. The molecule has 1 aliphatic carbocycles. The van der Waals surface area contributed by atoms with Gasteiger partial charge in [0.1, 0.15) is 0 Å². The van der Waals surface area contributed by atoms with E-state index in [4.69, 9.17) is 0 Å². The molecular formula is C18H18N2O. The van der Waals surface area contributed by atoms with E-state index >= 15 is 0 Å². The zero-order chi connectivity index (χ0) is 14.2. The standard InChI is InChI=1S/C18H18N2O/c21-18(16-11-19-17-8-4-3-7-15(16)17)20-10-13-9-12-5-1-2-6-14(12)13/h1-8,13,16,19H,9-11H2,(H,20,21). The molecule has 3 nitrogen and oxygen atoms in total. The van der Waals surface area contributed by atoms with Crippen LogP contribution in [0.2, 0.25) is 0 Å². The minimum Gasteiger partial charge on any atom is -0.384 e. The number of anilines is 1. The van der Waals surface area contributed by atoms with Crippen molar-refractivity contribution in [3.63, 3.8) is 0 Å². The lowest BCUT2D eigenvalue weighted by atomic mass is 9.77. The number of carbonyl (C=O) groups excluding carboxylic acids is 1. The molecule has 21 heavy (non-hydrogen) atoms. The first-order valence-corrected chi connectivity index (χ1v) is 7.51. The van der Waals surface area contributed by atoms with E-state index in [0.717, 1.165) is 24.2 Å². The van der Waals surface area contributed by atoms with Crippen molar-refractivity contribution in [3.05, 3.63) is 65.2 Å². The van der Waals surface area contributed by atoms with Crippen LogP contribution in [0.4, 0.5) is 5.69 Å². The van der Waals surface area contributed by atoms with Gasteiger partial charge in [-0.25, -0.2) is 0 Å². The molecule has 0 spiro atoms. The predicted molar refractivity (Wildman–Crippen MR) is 83.6 cm³/mol. The largest absolute Gasteiger partial charge is 0.384 e. The first-order chi connectivity index (χ1) is 10.3. The van der Waals surface area contributed by atoms with Crippen LogP contribution in [0.3, 0.4) is 0 Å². The van der Waals surface area contributed by atoms with Crippen molar-refractivity contribution in [1.82, 2.24) is 5.32 Å². The van der Waals surface area contributed by atoms with Crippen molar-refractivity contribution < 1.29 is 4.79 Å². The molecule has 0 saturated carbocycles. The quantitative estimate of drug-likeness (QED) is 0.906. The van der Waals surface area contributed by atoms with Gasteiger partial charge in [0, 0.05) is 24.7 Å². The number of nitrogens with one attached hydrogen (secondary N) is 2. The van der Waals surface area contributed by atoms with E-state index in [9.17, 15) is 4.79 Å². The number of hydrogen-bond acceptors (Lipinski definition) is 2. The number of hydrogen-bond donors (Lipinski definition) is 2. The van der Waals surface area contributed by atoms with Gasteiger partial charge in [-0.05, 0) is 29.2 Å². The highest BCUT2D eigenvalue weighted by Gasteiger charge is 2.30. The van der Waals surface area contributed by atoms with Crippen LogP contribution in [0.15, 0.2) is 48.5 Å². The van der Waals surface area contributed by atoms with Crippen molar-refractivity contribution in [1.29, 1.82) is 0 Å². The van der Waals surface area contributed by atoms with Gasteiger partial charge in [-0.15, -0.1) is 0 Å². The second kappa shape index (κ2) is 4.92. The molecule has 2 N–H and O–H groups in total. The number of rotatable bonds is 3.